The third kappa shape index (κ3) is 3.43. The number of thiocarbonyl (C=S) groups is 1. The Kier molecular flexibility index (Phi) is 4.52. The SMILES string of the molecule is NC(=S)c1ccc(Cl)cc1OCc1ccc(F)cc1F. The van der Waals surface area contributed by atoms with Crippen molar-refractivity contribution in [2.45, 2.75) is 6.61 Å². The van der Waals surface area contributed by atoms with E-state index >= 15 is 0 Å². The van der Waals surface area contributed by atoms with E-state index in [-0.39, 0.29) is 17.2 Å². The normalized spacial score (nSPS) is 10.3. The van der Waals surface area contributed by atoms with E-state index in [1.165, 1.54) is 12.1 Å². The number of nitrogens with two attached hydrogens (primary N) is 1. The highest BCUT2D eigenvalue weighted by Gasteiger charge is 2.10. The van der Waals surface area contributed by atoms with Gasteiger partial charge in [0.15, 0.2) is 0 Å². The smallest absolute Gasteiger partial charge is 0.132 e. The molecule has 0 saturated heterocycles. The van der Waals surface area contributed by atoms with E-state index in [0.717, 1.165) is 12.1 Å². The lowest BCUT2D eigenvalue weighted by molar-refractivity contribution is 0.299. The molecule has 0 amide bonds. The molecule has 2 aromatic carbocycles. The fourth-order valence-electron chi connectivity index (χ4n) is 1.61. The van der Waals surface area contributed by atoms with E-state index in [9.17, 15) is 8.78 Å². The van der Waals surface area contributed by atoms with Gasteiger partial charge in [-0.1, -0.05) is 23.8 Å². The summed E-state index contributed by atoms with van der Waals surface area (Å²) in [6.07, 6.45) is 0. The van der Waals surface area contributed by atoms with Crippen molar-refractivity contribution in [3.63, 3.8) is 0 Å². The van der Waals surface area contributed by atoms with Crippen LogP contribution in [0.1, 0.15) is 11.1 Å². The van der Waals surface area contributed by atoms with Crippen LogP contribution in [0.25, 0.3) is 0 Å². The minimum absolute atomic E-state index is 0.0813. The van der Waals surface area contributed by atoms with Gasteiger partial charge in [0.1, 0.15) is 29.0 Å². The van der Waals surface area contributed by atoms with Gasteiger partial charge >= 0.3 is 0 Å². The van der Waals surface area contributed by atoms with Gasteiger partial charge in [-0.15, -0.1) is 0 Å². The van der Waals surface area contributed by atoms with Gasteiger partial charge < -0.3 is 10.5 Å². The highest BCUT2D eigenvalue weighted by atomic mass is 35.5. The predicted molar refractivity (Wildman–Crippen MR) is 78.0 cm³/mol. The van der Waals surface area contributed by atoms with Crippen LogP contribution in [-0.2, 0) is 6.61 Å². The monoisotopic (exact) mass is 313 g/mol. The number of hydrogen-bond acceptors (Lipinski definition) is 2. The Hall–Kier alpha value is -1.72. The Balaban J connectivity index is 2.22. The topological polar surface area (TPSA) is 35.2 Å². The Labute approximate surface area is 125 Å². The minimum Gasteiger partial charge on any atom is -0.488 e. The van der Waals surface area contributed by atoms with Gasteiger partial charge in [-0.2, -0.15) is 0 Å². The third-order valence-corrected chi connectivity index (χ3v) is 3.06. The van der Waals surface area contributed by atoms with Crippen molar-refractivity contribution in [2.75, 3.05) is 0 Å². The van der Waals surface area contributed by atoms with Crippen molar-refractivity contribution in [3.8, 4) is 5.75 Å². The summed E-state index contributed by atoms with van der Waals surface area (Å²) in [4.78, 5) is 0.149. The van der Waals surface area contributed by atoms with Gasteiger partial charge in [-0.25, -0.2) is 8.78 Å². The van der Waals surface area contributed by atoms with Crippen molar-refractivity contribution in [3.05, 3.63) is 64.2 Å². The summed E-state index contributed by atoms with van der Waals surface area (Å²) in [5.74, 6) is -0.963. The third-order valence-electron chi connectivity index (χ3n) is 2.61. The molecule has 0 aliphatic carbocycles. The average Bonchev–Trinajstić information content (AvgIpc) is 2.37. The van der Waals surface area contributed by atoms with E-state index in [0.29, 0.717) is 16.3 Å². The molecular weight excluding hydrogens is 304 g/mol. The van der Waals surface area contributed by atoms with Gasteiger partial charge in [0.05, 0.1) is 5.56 Å². The molecule has 20 heavy (non-hydrogen) atoms. The first-order chi connectivity index (χ1) is 9.47. The fourth-order valence-corrected chi connectivity index (χ4v) is 1.94. The molecule has 0 radical (unpaired) electrons. The maximum absolute atomic E-state index is 13.5. The summed E-state index contributed by atoms with van der Waals surface area (Å²) in [5, 5.41) is 0.444. The van der Waals surface area contributed by atoms with E-state index in [4.69, 9.17) is 34.3 Å². The van der Waals surface area contributed by atoms with Gasteiger partial charge in [0.25, 0.3) is 0 Å². The van der Waals surface area contributed by atoms with Gasteiger partial charge in [0.2, 0.25) is 0 Å². The zero-order chi connectivity index (χ0) is 14.7. The van der Waals surface area contributed by atoms with Crippen LogP contribution < -0.4 is 10.5 Å². The molecule has 104 valence electrons. The highest BCUT2D eigenvalue weighted by Crippen LogP contribution is 2.24. The van der Waals surface area contributed by atoms with Crippen LogP contribution in [0, 0.1) is 11.6 Å². The highest BCUT2D eigenvalue weighted by molar-refractivity contribution is 7.80. The molecule has 0 heterocycles. The first-order valence-corrected chi connectivity index (χ1v) is 6.42. The number of rotatable bonds is 4. The molecule has 6 heteroatoms. The summed E-state index contributed by atoms with van der Waals surface area (Å²) in [6.45, 7) is -0.0813. The molecule has 0 atom stereocenters. The summed E-state index contributed by atoms with van der Waals surface area (Å²) >= 11 is 10.8. The Morgan fingerprint density at radius 3 is 2.60 bits per heavy atom. The lowest BCUT2D eigenvalue weighted by atomic mass is 10.2. The van der Waals surface area contributed by atoms with Crippen molar-refractivity contribution in [1.29, 1.82) is 0 Å². The van der Waals surface area contributed by atoms with Crippen LogP contribution in [0.15, 0.2) is 36.4 Å². The summed E-state index contributed by atoms with van der Waals surface area (Å²) in [5.41, 5.74) is 6.30. The van der Waals surface area contributed by atoms with Gasteiger partial charge in [-0.05, 0) is 30.3 Å². The molecule has 0 unspecified atom stereocenters. The first-order valence-electron chi connectivity index (χ1n) is 5.63. The minimum atomic E-state index is -0.677. The molecule has 2 rings (SSSR count). The average molecular weight is 314 g/mol. The molecule has 0 saturated carbocycles. The second-order valence-corrected chi connectivity index (χ2v) is 4.91. The summed E-state index contributed by atoms with van der Waals surface area (Å²) < 4.78 is 31.8. The molecule has 0 aliphatic rings. The quantitative estimate of drug-likeness (QED) is 0.871. The standard InChI is InChI=1S/C14H10ClF2NOS/c15-9-2-4-11(14(18)20)13(5-9)19-7-8-1-3-10(16)6-12(8)17/h1-6H,7H2,(H2,18,20). The lowest BCUT2D eigenvalue weighted by Crippen LogP contribution is -2.12. The Morgan fingerprint density at radius 2 is 1.95 bits per heavy atom. The summed E-state index contributed by atoms with van der Waals surface area (Å²) in [6, 6.07) is 8.06. The number of benzene rings is 2. The van der Waals surface area contributed by atoms with E-state index in [1.54, 1.807) is 12.1 Å². The zero-order valence-electron chi connectivity index (χ0n) is 10.2. The van der Waals surface area contributed by atoms with Crippen molar-refractivity contribution in [1.82, 2.24) is 0 Å². The van der Waals surface area contributed by atoms with Crippen LogP contribution in [0.3, 0.4) is 0 Å². The molecule has 0 aromatic heterocycles. The van der Waals surface area contributed by atoms with Gasteiger partial charge in [0, 0.05) is 16.7 Å². The number of ether oxygens (including phenoxy) is 1. The Morgan fingerprint density at radius 1 is 1.20 bits per heavy atom. The van der Waals surface area contributed by atoms with Crippen LogP contribution in [-0.4, -0.2) is 4.99 Å². The van der Waals surface area contributed by atoms with E-state index in [2.05, 4.69) is 0 Å². The van der Waals surface area contributed by atoms with Crippen molar-refractivity contribution in [2.24, 2.45) is 5.73 Å². The van der Waals surface area contributed by atoms with Crippen LogP contribution in [0.5, 0.6) is 5.75 Å². The predicted octanol–water partition coefficient (Wildman–Crippen LogP) is 3.83. The molecule has 0 fully saturated rings. The maximum atomic E-state index is 13.5. The van der Waals surface area contributed by atoms with Crippen LogP contribution >= 0.6 is 23.8 Å². The zero-order valence-corrected chi connectivity index (χ0v) is 11.8. The number of halogens is 3. The molecule has 2 nitrogen and oxygen atoms in total. The molecular formula is C14H10ClF2NOS. The molecule has 2 aromatic rings. The second-order valence-electron chi connectivity index (χ2n) is 4.03. The Bertz CT molecular complexity index is 664. The summed E-state index contributed by atoms with van der Waals surface area (Å²) in [7, 11) is 0. The molecule has 2 N–H and O–H groups in total. The van der Waals surface area contributed by atoms with E-state index < -0.39 is 11.6 Å². The largest absolute Gasteiger partial charge is 0.488 e. The molecule has 0 spiro atoms. The van der Waals surface area contributed by atoms with E-state index in [1.807, 2.05) is 0 Å². The second kappa shape index (κ2) is 6.15. The first kappa shape index (κ1) is 14.7. The molecule has 0 bridgehead atoms. The maximum Gasteiger partial charge on any atom is 0.132 e. The van der Waals surface area contributed by atoms with Crippen LogP contribution in [0.2, 0.25) is 5.02 Å². The van der Waals surface area contributed by atoms with Crippen molar-refractivity contribution < 1.29 is 13.5 Å². The number of hydrogen-bond donors (Lipinski definition) is 1. The fraction of sp³-hybridized carbons (Fsp3) is 0.0714. The van der Waals surface area contributed by atoms with Gasteiger partial charge in [-0.3, -0.25) is 0 Å². The van der Waals surface area contributed by atoms with Crippen LogP contribution in [0.4, 0.5) is 8.78 Å². The molecule has 0 aliphatic heterocycles. The van der Waals surface area contributed by atoms with Crippen molar-refractivity contribution >= 4 is 28.8 Å². The lowest BCUT2D eigenvalue weighted by Gasteiger charge is -2.11.